The fourth-order valence-electron chi connectivity index (χ4n) is 4.90. The van der Waals surface area contributed by atoms with Gasteiger partial charge in [0.15, 0.2) is 17.3 Å². The topological polar surface area (TPSA) is 76.5 Å². The largest absolute Gasteiger partial charge is 0.493 e. The Kier molecular flexibility index (Phi) is 6.03. The van der Waals surface area contributed by atoms with Crippen molar-refractivity contribution >= 4 is 27.6 Å². The van der Waals surface area contributed by atoms with Crippen molar-refractivity contribution in [3.05, 3.63) is 51.9 Å². The summed E-state index contributed by atoms with van der Waals surface area (Å²) in [7, 11) is 3.27. The summed E-state index contributed by atoms with van der Waals surface area (Å²) in [5.41, 5.74) is 4.40. The highest BCUT2D eigenvalue weighted by molar-refractivity contribution is 9.10. The average Bonchev–Trinajstić information content (AvgIpc) is 3.51. The molecule has 9 heteroatoms. The van der Waals surface area contributed by atoms with Crippen molar-refractivity contribution in [2.75, 3.05) is 32.6 Å². The molecule has 0 radical (unpaired) electrons. The van der Waals surface area contributed by atoms with E-state index in [9.17, 15) is 0 Å². The van der Waals surface area contributed by atoms with Crippen molar-refractivity contribution in [2.24, 2.45) is 0 Å². The summed E-state index contributed by atoms with van der Waals surface area (Å²) < 4.78 is 13.8. The molecule has 8 nitrogen and oxygen atoms in total. The van der Waals surface area contributed by atoms with E-state index in [0.29, 0.717) is 23.8 Å². The Bertz CT molecular complexity index is 1180. The summed E-state index contributed by atoms with van der Waals surface area (Å²) in [5.74, 6) is 2.69. The number of fused-ring (bicyclic) bond motifs is 2. The molecule has 2 N–H and O–H groups in total. The number of benzene rings is 1. The highest BCUT2D eigenvalue weighted by atomic mass is 79.9. The van der Waals surface area contributed by atoms with Crippen LogP contribution in [0.1, 0.15) is 23.1 Å². The summed E-state index contributed by atoms with van der Waals surface area (Å²) in [6, 6.07) is 5.18. The van der Waals surface area contributed by atoms with Crippen LogP contribution in [0, 0.1) is 13.8 Å². The summed E-state index contributed by atoms with van der Waals surface area (Å²) in [5, 5.41) is 6.88. The summed E-state index contributed by atoms with van der Waals surface area (Å²) in [6.07, 6.45) is 7.37. The molecule has 33 heavy (non-hydrogen) atoms. The van der Waals surface area contributed by atoms with Gasteiger partial charge in [0.25, 0.3) is 0 Å². The van der Waals surface area contributed by atoms with Crippen molar-refractivity contribution in [2.45, 2.75) is 38.9 Å². The molecule has 0 saturated carbocycles. The van der Waals surface area contributed by atoms with E-state index in [4.69, 9.17) is 14.5 Å². The van der Waals surface area contributed by atoms with Gasteiger partial charge in [0, 0.05) is 62.1 Å². The maximum absolute atomic E-state index is 5.47. The fraction of sp³-hybridized carbons (Fsp3) is 0.417. The molecule has 174 valence electrons. The van der Waals surface area contributed by atoms with E-state index in [2.05, 4.69) is 60.3 Å². The van der Waals surface area contributed by atoms with Crippen LogP contribution in [-0.4, -0.2) is 58.8 Å². The molecule has 0 amide bonds. The molecule has 2 atom stereocenters. The number of anilines is 2. The fourth-order valence-corrected chi connectivity index (χ4v) is 5.30. The zero-order chi connectivity index (χ0) is 23.1. The van der Waals surface area contributed by atoms with Gasteiger partial charge in [-0.3, -0.25) is 4.90 Å². The van der Waals surface area contributed by atoms with E-state index in [1.54, 1.807) is 20.4 Å². The molecule has 3 aromatic rings. The Morgan fingerprint density at radius 3 is 2.73 bits per heavy atom. The summed E-state index contributed by atoms with van der Waals surface area (Å²) in [4.78, 5) is 11.8. The van der Waals surface area contributed by atoms with E-state index in [0.717, 1.165) is 46.9 Å². The quantitative estimate of drug-likeness (QED) is 0.496. The second-order valence-electron chi connectivity index (χ2n) is 8.82. The van der Waals surface area contributed by atoms with Crippen LogP contribution in [0.15, 0.2) is 35.2 Å². The minimum absolute atomic E-state index is 0.510. The van der Waals surface area contributed by atoms with Crippen LogP contribution in [0.5, 0.6) is 11.5 Å². The van der Waals surface area contributed by atoms with E-state index in [1.807, 2.05) is 19.1 Å². The van der Waals surface area contributed by atoms with Crippen molar-refractivity contribution in [1.29, 1.82) is 0 Å². The number of aromatic nitrogens is 3. The molecule has 2 aliphatic rings. The maximum Gasteiger partial charge on any atom is 0.229 e. The van der Waals surface area contributed by atoms with Gasteiger partial charge in [-0.05, 0) is 59.0 Å². The first-order chi connectivity index (χ1) is 15.9. The van der Waals surface area contributed by atoms with Crippen molar-refractivity contribution in [3.63, 3.8) is 0 Å². The number of nitrogens with one attached hydrogen (secondary N) is 2. The number of hydrogen-bond donors (Lipinski definition) is 2. The zero-order valence-electron chi connectivity index (χ0n) is 19.4. The number of ether oxygens (including phenoxy) is 2. The second-order valence-corrected chi connectivity index (χ2v) is 9.67. The second kappa shape index (κ2) is 8.96. The number of hydrogen-bond acceptors (Lipinski definition) is 7. The third kappa shape index (κ3) is 4.32. The highest BCUT2D eigenvalue weighted by Gasteiger charge is 2.37. The van der Waals surface area contributed by atoms with Gasteiger partial charge in [0.1, 0.15) is 0 Å². The van der Waals surface area contributed by atoms with Crippen LogP contribution in [0.2, 0.25) is 0 Å². The van der Waals surface area contributed by atoms with Crippen molar-refractivity contribution in [3.8, 4) is 17.3 Å². The monoisotopic (exact) mass is 512 g/mol. The number of aryl methyl sites for hydroxylation is 2. The normalized spacial score (nSPS) is 19.8. The molecule has 2 aliphatic heterocycles. The molecule has 2 saturated heterocycles. The number of nitrogens with zero attached hydrogens (tertiary/aromatic N) is 4. The Morgan fingerprint density at radius 2 is 2.03 bits per heavy atom. The average molecular weight is 513 g/mol. The highest BCUT2D eigenvalue weighted by Crippen LogP contribution is 2.35. The van der Waals surface area contributed by atoms with Crippen molar-refractivity contribution in [1.82, 2.24) is 24.8 Å². The Morgan fingerprint density at radius 1 is 1.18 bits per heavy atom. The lowest BCUT2D eigenvalue weighted by Gasteiger charge is -2.27. The number of halogens is 1. The van der Waals surface area contributed by atoms with Gasteiger partial charge >= 0.3 is 0 Å². The predicted octanol–water partition coefficient (Wildman–Crippen LogP) is 3.95. The van der Waals surface area contributed by atoms with Crippen LogP contribution in [-0.2, 0) is 6.54 Å². The van der Waals surface area contributed by atoms with Crippen LogP contribution in [0.25, 0.3) is 5.82 Å². The number of piperazine rings is 1. The molecule has 2 bridgehead atoms. The Balaban J connectivity index is 1.39. The van der Waals surface area contributed by atoms with Gasteiger partial charge in [-0.25, -0.2) is 4.98 Å². The summed E-state index contributed by atoms with van der Waals surface area (Å²) >= 11 is 3.63. The first kappa shape index (κ1) is 22.2. The van der Waals surface area contributed by atoms with Gasteiger partial charge in [0.2, 0.25) is 5.95 Å². The molecule has 4 heterocycles. The molecule has 2 fully saturated rings. The Labute approximate surface area is 202 Å². The van der Waals surface area contributed by atoms with Crippen LogP contribution in [0.3, 0.4) is 0 Å². The van der Waals surface area contributed by atoms with Crippen LogP contribution >= 0.6 is 15.9 Å². The van der Waals surface area contributed by atoms with E-state index < -0.39 is 0 Å². The van der Waals surface area contributed by atoms with Gasteiger partial charge in [-0.1, -0.05) is 0 Å². The minimum atomic E-state index is 0.510. The number of likely N-dealkylation sites (tertiary alicyclic amines) is 1. The zero-order valence-corrected chi connectivity index (χ0v) is 20.9. The molecule has 0 aliphatic carbocycles. The van der Waals surface area contributed by atoms with Gasteiger partial charge < -0.3 is 24.7 Å². The smallest absolute Gasteiger partial charge is 0.229 e. The number of rotatable bonds is 7. The predicted molar refractivity (Wildman–Crippen MR) is 132 cm³/mol. The van der Waals surface area contributed by atoms with Crippen LogP contribution in [0.4, 0.5) is 11.6 Å². The number of methoxy groups -OCH3 is 2. The third-order valence-electron chi connectivity index (χ3n) is 6.57. The third-order valence-corrected chi connectivity index (χ3v) is 7.13. The minimum Gasteiger partial charge on any atom is -0.493 e. The van der Waals surface area contributed by atoms with Crippen LogP contribution < -0.4 is 20.1 Å². The van der Waals surface area contributed by atoms with E-state index in [1.165, 1.54) is 17.5 Å². The van der Waals surface area contributed by atoms with E-state index in [-0.39, 0.29) is 0 Å². The van der Waals surface area contributed by atoms with Gasteiger partial charge in [-0.2, -0.15) is 4.98 Å². The molecule has 1 aromatic carbocycles. The molecular weight excluding hydrogens is 484 g/mol. The van der Waals surface area contributed by atoms with E-state index >= 15 is 0 Å². The van der Waals surface area contributed by atoms with Gasteiger partial charge in [-0.15, -0.1) is 0 Å². The molecule has 2 unspecified atom stereocenters. The lowest BCUT2D eigenvalue weighted by atomic mass is 10.2. The molecule has 2 aromatic heterocycles. The SMILES string of the molecule is COc1cc(Nc2ncc(Br)c(-n3cc(C)c(CN4CC5CC4CN5)c3)n2)cc(C)c1OC. The first-order valence-electron chi connectivity index (χ1n) is 11.1. The molecular formula is C24H29BrN6O2. The summed E-state index contributed by atoms with van der Waals surface area (Å²) in [6.45, 7) is 7.35. The molecule has 5 rings (SSSR count). The lowest BCUT2D eigenvalue weighted by Crippen LogP contribution is -2.43. The standard InChI is InChI=1S/C24H29BrN6O2/c1-14-5-17(7-21(32-3)22(14)33-4)28-24-27-9-20(25)23(29-24)31-10-15(2)16(12-31)11-30-13-18-6-19(30)8-26-18/h5,7,9-10,12,18-19,26H,6,8,11,13H2,1-4H3,(H,27,28,29). The maximum atomic E-state index is 5.47. The Hall–Kier alpha value is -2.62. The first-order valence-corrected chi connectivity index (χ1v) is 11.9. The molecule has 0 spiro atoms. The van der Waals surface area contributed by atoms with Gasteiger partial charge in [0.05, 0.1) is 18.7 Å². The lowest BCUT2D eigenvalue weighted by molar-refractivity contribution is 0.217. The van der Waals surface area contributed by atoms with Crippen molar-refractivity contribution < 1.29 is 9.47 Å².